The lowest BCUT2D eigenvalue weighted by molar-refractivity contribution is -0.132. The number of hydrogen-bond acceptors (Lipinski definition) is 7. The highest BCUT2D eigenvalue weighted by Gasteiger charge is 2.47. The molecule has 8 heteroatoms. The van der Waals surface area contributed by atoms with Crippen LogP contribution in [0.5, 0.6) is 23.0 Å². The van der Waals surface area contributed by atoms with Gasteiger partial charge in [0.25, 0.3) is 11.7 Å². The molecule has 1 amide bonds. The first-order valence-electron chi connectivity index (χ1n) is 11.7. The molecule has 1 aliphatic rings. The van der Waals surface area contributed by atoms with Gasteiger partial charge in [0.05, 0.1) is 45.1 Å². The number of benzene rings is 3. The maximum absolute atomic E-state index is 13.5. The van der Waals surface area contributed by atoms with E-state index in [0.29, 0.717) is 40.9 Å². The average molecular weight is 504 g/mol. The van der Waals surface area contributed by atoms with Crippen molar-refractivity contribution >= 4 is 23.1 Å². The van der Waals surface area contributed by atoms with Gasteiger partial charge in [0.1, 0.15) is 17.3 Å². The summed E-state index contributed by atoms with van der Waals surface area (Å²) in [6.45, 7) is 4.20. The molecule has 192 valence electrons. The Balaban J connectivity index is 1.98. The Morgan fingerprint density at radius 3 is 2.30 bits per heavy atom. The molecule has 1 unspecified atom stereocenters. The lowest BCUT2D eigenvalue weighted by Crippen LogP contribution is -2.29. The molecule has 0 bridgehead atoms. The third kappa shape index (κ3) is 4.70. The van der Waals surface area contributed by atoms with Crippen molar-refractivity contribution in [2.75, 3.05) is 32.8 Å². The number of carbonyl (C=O) groups is 2. The summed E-state index contributed by atoms with van der Waals surface area (Å²) >= 11 is 0. The van der Waals surface area contributed by atoms with Crippen LogP contribution in [0.3, 0.4) is 0 Å². The second kappa shape index (κ2) is 10.7. The zero-order chi connectivity index (χ0) is 26.7. The quantitative estimate of drug-likeness (QED) is 0.261. The van der Waals surface area contributed by atoms with E-state index in [1.807, 2.05) is 32.0 Å². The smallest absolute Gasteiger partial charge is 0.300 e. The number of nitrogens with zero attached hydrogens (tertiary/aromatic N) is 1. The molecule has 1 fully saturated rings. The predicted octanol–water partition coefficient (Wildman–Crippen LogP) is 5.05. The van der Waals surface area contributed by atoms with Crippen molar-refractivity contribution < 1.29 is 33.6 Å². The third-order valence-corrected chi connectivity index (χ3v) is 6.19. The number of anilines is 1. The van der Waals surface area contributed by atoms with Crippen molar-refractivity contribution in [1.82, 2.24) is 0 Å². The molecule has 1 heterocycles. The van der Waals surface area contributed by atoms with E-state index in [9.17, 15) is 14.7 Å². The maximum Gasteiger partial charge on any atom is 0.300 e. The van der Waals surface area contributed by atoms with Crippen molar-refractivity contribution in [3.63, 3.8) is 0 Å². The first-order valence-corrected chi connectivity index (χ1v) is 11.7. The van der Waals surface area contributed by atoms with Crippen LogP contribution in [0.15, 0.2) is 66.2 Å². The number of carbonyl (C=O) groups excluding carboxylic acids is 2. The van der Waals surface area contributed by atoms with Gasteiger partial charge < -0.3 is 24.1 Å². The third-order valence-electron chi connectivity index (χ3n) is 6.19. The molecule has 3 aromatic carbocycles. The van der Waals surface area contributed by atoms with E-state index < -0.39 is 17.7 Å². The molecule has 1 atom stereocenters. The SMILES string of the molecule is CCOc1ccc(C2/C(=C(\O)c3ccc(OC)cc3OC)C(=O)C(=O)N2c2cccc(C)c2)cc1OC. The van der Waals surface area contributed by atoms with E-state index >= 15 is 0 Å². The molecule has 0 radical (unpaired) electrons. The maximum atomic E-state index is 13.5. The first-order chi connectivity index (χ1) is 17.8. The summed E-state index contributed by atoms with van der Waals surface area (Å²) < 4.78 is 21.9. The van der Waals surface area contributed by atoms with Gasteiger partial charge in [0.15, 0.2) is 11.5 Å². The Bertz CT molecular complexity index is 1380. The molecular weight excluding hydrogens is 474 g/mol. The average Bonchev–Trinajstić information content (AvgIpc) is 3.18. The number of hydrogen-bond donors (Lipinski definition) is 1. The second-order valence-electron chi connectivity index (χ2n) is 8.42. The summed E-state index contributed by atoms with van der Waals surface area (Å²) in [6, 6.07) is 16.4. The first kappa shape index (κ1) is 25.6. The van der Waals surface area contributed by atoms with E-state index in [-0.39, 0.29) is 16.9 Å². The number of aliphatic hydroxyl groups excluding tert-OH is 1. The minimum absolute atomic E-state index is 0.0683. The molecule has 3 aromatic rings. The second-order valence-corrected chi connectivity index (χ2v) is 8.42. The fourth-order valence-corrected chi connectivity index (χ4v) is 4.46. The van der Waals surface area contributed by atoms with Crippen LogP contribution in [0.2, 0.25) is 0 Å². The number of aliphatic hydroxyl groups is 1. The van der Waals surface area contributed by atoms with E-state index in [1.165, 1.54) is 26.2 Å². The van der Waals surface area contributed by atoms with Gasteiger partial charge in [0, 0.05) is 11.8 Å². The van der Waals surface area contributed by atoms with Gasteiger partial charge in [-0.3, -0.25) is 14.5 Å². The normalized spacial score (nSPS) is 16.6. The standard InChI is InChI=1S/C29H29NO7/c1-6-37-22-13-10-18(15-24(22)36-5)26-25(27(31)21-12-11-20(34-3)16-23(21)35-4)28(32)29(33)30(26)19-9-7-8-17(2)14-19/h7-16,26,31H,6H2,1-5H3/b27-25+. The molecule has 0 spiro atoms. The van der Waals surface area contributed by atoms with Crippen molar-refractivity contribution in [3.05, 3.63) is 82.9 Å². The summed E-state index contributed by atoms with van der Waals surface area (Å²) in [7, 11) is 4.48. The lowest BCUT2D eigenvalue weighted by atomic mass is 9.94. The molecule has 4 rings (SSSR count). The van der Waals surface area contributed by atoms with Crippen molar-refractivity contribution in [1.29, 1.82) is 0 Å². The van der Waals surface area contributed by atoms with Gasteiger partial charge in [0.2, 0.25) is 0 Å². The Labute approximate surface area is 215 Å². The molecule has 1 N–H and O–H groups in total. The summed E-state index contributed by atoms with van der Waals surface area (Å²) in [4.78, 5) is 28.3. The van der Waals surface area contributed by atoms with E-state index in [4.69, 9.17) is 18.9 Å². The molecule has 1 saturated heterocycles. The van der Waals surface area contributed by atoms with Crippen LogP contribution < -0.4 is 23.8 Å². The topological polar surface area (TPSA) is 94.5 Å². The molecular formula is C29H29NO7. The van der Waals surface area contributed by atoms with Crippen LogP contribution >= 0.6 is 0 Å². The van der Waals surface area contributed by atoms with Gasteiger partial charge >= 0.3 is 0 Å². The summed E-state index contributed by atoms with van der Waals surface area (Å²) in [5.41, 5.74) is 2.20. The number of aryl methyl sites for hydroxylation is 1. The highest BCUT2D eigenvalue weighted by Crippen LogP contribution is 2.45. The van der Waals surface area contributed by atoms with E-state index in [1.54, 1.807) is 42.5 Å². The van der Waals surface area contributed by atoms with Crippen LogP contribution in [0.25, 0.3) is 5.76 Å². The van der Waals surface area contributed by atoms with Crippen molar-refractivity contribution in [3.8, 4) is 23.0 Å². The molecule has 0 aliphatic carbocycles. The van der Waals surface area contributed by atoms with Crippen LogP contribution in [-0.2, 0) is 9.59 Å². The van der Waals surface area contributed by atoms with Gasteiger partial charge in [-0.05, 0) is 61.4 Å². The Kier molecular flexibility index (Phi) is 7.38. The number of ketones is 1. The summed E-state index contributed by atoms with van der Waals surface area (Å²) in [6.07, 6.45) is 0. The fraction of sp³-hybridized carbons (Fsp3) is 0.241. The summed E-state index contributed by atoms with van der Waals surface area (Å²) in [5.74, 6) is -0.143. The number of rotatable bonds is 8. The molecule has 0 saturated carbocycles. The van der Waals surface area contributed by atoms with Crippen LogP contribution in [0.1, 0.15) is 29.7 Å². The fourth-order valence-electron chi connectivity index (χ4n) is 4.46. The molecule has 1 aliphatic heterocycles. The Morgan fingerprint density at radius 2 is 1.65 bits per heavy atom. The monoisotopic (exact) mass is 503 g/mol. The van der Waals surface area contributed by atoms with Crippen LogP contribution in [0, 0.1) is 6.92 Å². The van der Waals surface area contributed by atoms with E-state index in [0.717, 1.165) is 5.56 Å². The Morgan fingerprint density at radius 1 is 0.892 bits per heavy atom. The van der Waals surface area contributed by atoms with Crippen LogP contribution in [0.4, 0.5) is 5.69 Å². The molecule has 8 nitrogen and oxygen atoms in total. The number of methoxy groups -OCH3 is 3. The van der Waals surface area contributed by atoms with Crippen molar-refractivity contribution in [2.45, 2.75) is 19.9 Å². The number of ether oxygens (including phenoxy) is 4. The Hall–Kier alpha value is -4.46. The lowest BCUT2D eigenvalue weighted by Gasteiger charge is -2.26. The highest BCUT2D eigenvalue weighted by molar-refractivity contribution is 6.51. The largest absolute Gasteiger partial charge is 0.507 e. The number of Topliss-reactive ketones (excluding diaryl/α,β-unsaturated/α-hetero) is 1. The van der Waals surface area contributed by atoms with Gasteiger partial charge in [-0.15, -0.1) is 0 Å². The van der Waals surface area contributed by atoms with Crippen LogP contribution in [-0.4, -0.2) is 44.7 Å². The molecule has 0 aromatic heterocycles. The number of amides is 1. The summed E-state index contributed by atoms with van der Waals surface area (Å²) in [5, 5.41) is 11.5. The zero-order valence-electron chi connectivity index (χ0n) is 21.4. The van der Waals surface area contributed by atoms with Gasteiger partial charge in [-0.2, -0.15) is 0 Å². The minimum atomic E-state index is -0.932. The zero-order valence-corrected chi connectivity index (χ0v) is 21.4. The van der Waals surface area contributed by atoms with Gasteiger partial charge in [-0.25, -0.2) is 0 Å². The minimum Gasteiger partial charge on any atom is -0.507 e. The van der Waals surface area contributed by atoms with Crippen molar-refractivity contribution in [2.24, 2.45) is 0 Å². The molecule has 37 heavy (non-hydrogen) atoms. The van der Waals surface area contributed by atoms with E-state index in [2.05, 4.69) is 0 Å². The predicted molar refractivity (Wildman–Crippen MR) is 140 cm³/mol. The highest BCUT2D eigenvalue weighted by atomic mass is 16.5. The van der Waals surface area contributed by atoms with Gasteiger partial charge in [-0.1, -0.05) is 18.2 Å².